The minimum absolute atomic E-state index is 0.491. The molecule has 136 valence electrons. The Balaban J connectivity index is 2.03. The Kier molecular flexibility index (Phi) is 7.15. The summed E-state index contributed by atoms with van der Waals surface area (Å²) >= 11 is 0. The molecular formula is C18H30N2O4. The summed E-state index contributed by atoms with van der Waals surface area (Å²) in [6, 6.07) is 4.46. The van der Waals surface area contributed by atoms with Crippen molar-refractivity contribution in [1.29, 1.82) is 0 Å². The van der Waals surface area contributed by atoms with Crippen molar-refractivity contribution in [2.24, 2.45) is 0 Å². The van der Waals surface area contributed by atoms with Gasteiger partial charge >= 0.3 is 0 Å². The maximum atomic E-state index is 5.57. The topological polar surface area (TPSA) is 43.4 Å². The van der Waals surface area contributed by atoms with Crippen LogP contribution in [0, 0.1) is 0 Å². The number of nitrogens with zero attached hydrogens (tertiary/aromatic N) is 2. The Labute approximate surface area is 145 Å². The van der Waals surface area contributed by atoms with E-state index in [1.54, 1.807) is 21.3 Å². The van der Waals surface area contributed by atoms with E-state index >= 15 is 0 Å². The maximum absolute atomic E-state index is 5.57. The zero-order chi connectivity index (χ0) is 17.5. The van der Waals surface area contributed by atoms with Gasteiger partial charge in [-0.05, 0) is 20.0 Å². The van der Waals surface area contributed by atoms with Crippen LogP contribution in [0.4, 0.5) is 0 Å². The van der Waals surface area contributed by atoms with E-state index in [1.165, 1.54) is 0 Å². The normalized spacial score (nSPS) is 16.9. The highest BCUT2D eigenvalue weighted by molar-refractivity contribution is 5.55. The van der Waals surface area contributed by atoms with E-state index < -0.39 is 0 Å². The fourth-order valence-corrected chi connectivity index (χ4v) is 3.23. The molecule has 1 aliphatic heterocycles. The highest BCUT2D eigenvalue weighted by Crippen LogP contribution is 2.40. The van der Waals surface area contributed by atoms with Crippen LogP contribution in [0.3, 0.4) is 0 Å². The van der Waals surface area contributed by atoms with Crippen LogP contribution in [0.25, 0.3) is 0 Å². The maximum Gasteiger partial charge on any atom is 0.203 e. The molecule has 24 heavy (non-hydrogen) atoms. The van der Waals surface area contributed by atoms with Crippen molar-refractivity contribution in [2.75, 3.05) is 61.2 Å². The minimum Gasteiger partial charge on any atom is -0.493 e. The Morgan fingerprint density at radius 3 is 2.33 bits per heavy atom. The van der Waals surface area contributed by atoms with Gasteiger partial charge < -0.3 is 23.8 Å². The van der Waals surface area contributed by atoms with Gasteiger partial charge in [0, 0.05) is 37.8 Å². The molecule has 0 aliphatic carbocycles. The Hall–Kier alpha value is -1.50. The van der Waals surface area contributed by atoms with Crippen molar-refractivity contribution in [3.05, 3.63) is 17.7 Å². The van der Waals surface area contributed by atoms with Crippen LogP contribution in [0.2, 0.25) is 0 Å². The van der Waals surface area contributed by atoms with Gasteiger partial charge in [0.2, 0.25) is 5.75 Å². The van der Waals surface area contributed by atoms with Crippen molar-refractivity contribution >= 4 is 0 Å². The lowest BCUT2D eigenvalue weighted by Crippen LogP contribution is -2.46. The van der Waals surface area contributed by atoms with Crippen LogP contribution in [-0.4, -0.2) is 77.1 Å². The molecule has 0 aromatic heterocycles. The number of benzene rings is 1. The van der Waals surface area contributed by atoms with Crippen LogP contribution in [-0.2, 0) is 11.3 Å². The van der Waals surface area contributed by atoms with Gasteiger partial charge in [0.25, 0.3) is 0 Å². The lowest BCUT2D eigenvalue weighted by Gasteiger charge is -2.34. The molecule has 1 aromatic rings. The molecular weight excluding hydrogens is 308 g/mol. The molecule has 0 radical (unpaired) electrons. The van der Waals surface area contributed by atoms with E-state index in [0.29, 0.717) is 17.5 Å². The first-order valence-electron chi connectivity index (χ1n) is 8.38. The third-order valence-electron chi connectivity index (χ3n) is 4.47. The lowest BCUT2D eigenvalue weighted by molar-refractivity contribution is 0.0137. The molecule has 1 saturated heterocycles. The number of rotatable bonds is 8. The molecule has 0 N–H and O–H groups in total. The second-order valence-electron chi connectivity index (χ2n) is 6.19. The third kappa shape index (κ3) is 4.53. The highest BCUT2D eigenvalue weighted by Gasteiger charge is 2.20. The van der Waals surface area contributed by atoms with E-state index in [0.717, 1.165) is 50.7 Å². The molecule has 1 atom stereocenters. The monoisotopic (exact) mass is 338 g/mol. The Bertz CT molecular complexity index is 518. The fraction of sp³-hybridized carbons (Fsp3) is 0.667. The van der Waals surface area contributed by atoms with Crippen molar-refractivity contribution in [1.82, 2.24) is 9.80 Å². The van der Waals surface area contributed by atoms with Gasteiger partial charge in [-0.15, -0.1) is 0 Å². The summed E-state index contributed by atoms with van der Waals surface area (Å²) in [5.41, 5.74) is 1.09. The molecule has 1 fully saturated rings. The van der Waals surface area contributed by atoms with Gasteiger partial charge in [-0.1, -0.05) is 6.07 Å². The number of ether oxygens (including phenoxy) is 4. The average molecular weight is 338 g/mol. The summed E-state index contributed by atoms with van der Waals surface area (Å²) in [5.74, 6) is 2.07. The predicted octanol–water partition coefficient (Wildman–Crippen LogP) is 1.86. The van der Waals surface area contributed by atoms with Gasteiger partial charge in [0.05, 0.1) is 34.5 Å². The summed E-state index contributed by atoms with van der Waals surface area (Å²) in [6.07, 6.45) is 0. The van der Waals surface area contributed by atoms with Gasteiger partial charge in [0.1, 0.15) is 0 Å². The van der Waals surface area contributed by atoms with Gasteiger partial charge in [-0.25, -0.2) is 0 Å². The first-order chi connectivity index (χ1) is 11.6. The summed E-state index contributed by atoms with van der Waals surface area (Å²) < 4.78 is 21.8. The van der Waals surface area contributed by atoms with Crippen LogP contribution in [0.15, 0.2) is 12.1 Å². The summed E-state index contributed by atoms with van der Waals surface area (Å²) in [7, 11) is 7.06. The zero-order valence-electron chi connectivity index (χ0n) is 15.5. The third-order valence-corrected chi connectivity index (χ3v) is 4.47. The number of morpholine rings is 1. The number of hydrogen-bond donors (Lipinski definition) is 0. The molecule has 6 heteroatoms. The van der Waals surface area contributed by atoms with Crippen molar-refractivity contribution in [3.63, 3.8) is 0 Å². The van der Waals surface area contributed by atoms with E-state index in [-0.39, 0.29) is 0 Å². The van der Waals surface area contributed by atoms with E-state index in [9.17, 15) is 0 Å². The van der Waals surface area contributed by atoms with Gasteiger partial charge in [0.15, 0.2) is 11.5 Å². The Morgan fingerprint density at radius 2 is 1.75 bits per heavy atom. The fourth-order valence-electron chi connectivity index (χ4n) is 3.23. The predicted molar refractivity (Wildman–Crippen MR) is 94.3 cm³/mol. The van der Waals surface area contributed by atoms with Crippen molar-refractivity contribution in [2.45, 2.75) is 19.5 Å². The minimum atomic E-state index is 0.491. The summed E-state index contributed by atoms with van der Waals surface area (Å²) in [4.78, 5) is 4.79. The van der Waals surface area contributed by atoms with E-state index in [1.807, 2.05) is 12.1 Å². The van der Waals surface area contributed by atoms with Crippen molar-refractivity contribution in [3.8, 4) is 17.2 Å². The van der Waals surface area contributed by atoms with Crippen LogP contribution < -0.4 is 14.2 Å². The zero-order valence-corrected chi connectivity index (χ0v) is 15.5. The molecule has 1 aromatic carbocycles. The lowest BCUT2D eigenvalue weighted by atomic mass is 10.1. The first kappa shape index (κ1) is 18.8. The smallest absolute Gasteiger partial charge is 0.203 e. The molecule has 0 spiro atoms. The number of hydrogen-bond acceptors (Lipinski definition) is 6. The molecule has 1 unspecified atom stereocenters. The average Bonchev–Trinajstić information content (AvgIpc) is 2.61. The number of methoxy groups -OCH3 is 3. The van der Waals surface area contributed by atoms with Gasteiger partial charge in [-0.2, -0.15) is 0 Å². The second kappa shape index (κ2) is 9.11. The summed E-state index contributed by atoms with van der Waals surface area (Å²) in [6.45, 7) is 7.72. The molecule has 1 aliphatic rings. The molecule has 6 nitrogen and oxygen atoms in total. The van der Waals surface area contributed by atoms with E-state index in [2.05, 4.69) is 23.8 Å². The summed E-state index contributed by atoms with van der Waals surface area (Å²) in [5, 5.41) is 0. The van der Waals surface area contributed by atoms with Crippen molar-refractivity contribution < 1.29 is 18.9 Å². The Morgan fingerprint density at radius 1 is 1.08 bits per heavy atom. The van der Waals surface area contributed by atoms with Crippen LogP contribution in [0.1, 0.15) is 12.5 Å². The first-order valence-corrected chi connectivity index (χ1v) is 8.38. The van der Waals surface area contributed by atoms with Gasteiger partial charge in [-0.3, -0.25) is 4.90 Å². The standard InChI is InChI=1S/C18H30N2O4/c1-14(20-8-10-24-11-9-20)12-19(2)13-15-6-7-16(21-3)18(23-5)17(15)22-4/h6-7,14H,8-13H2,1-5H3. The molecule has 0 amide bonds. The van der Waals surface area contributed by atoms with Crippen LogP contribution in [0.5, 0.6) is 17.2 Å². The largest absolute Gasteiger partial charge is 0.493 e. The molecule has 0 bridgehead atoms. The number of likely N-dealkylation sites (N-methyl/N-ethyl adjacent to an activating group) is 1. The molecule has 2 rings (SSSR count). The second-order valence-corrected chi connectivity index (χ2v) is 6.19. The van der Waals surface area contributed by atoms with E-state index in [4.69, 9.17) is 18.9 Å². The quantitative estimate of drug-likeness (QED) is 0.721. The molecule has 0 saturated carbocycles. The SMILES string of the molecule is COc1ccc(CN(C)CC(C)N2CCOCC2)c(OC)c1OC. The molecule has 1 heterocycles. The van der Waals surface area contributed by atoms with Crippen LogP contribution >= 0.6 is 0 Å². The highest BCUT2D eigenvalue weighted by atomic mass is 16.5.